The Balaban J connectivity index is 1.41. The zero-order valence-electron chi connectivity index (χ0n) is 17.4. The third-order valence-corrected chi connectivity index (χ3v) is 6.12. The number of ether oxygens (including phenoxy) is 2. The van der Waals surface area contributed by atoms with E-state index in [0.717, 1.165) is 10.6 Å². The van der Waals surface area contributed by atoms with Crippen LogP contribution in [0.15, 0.2) is 53.9 Å². The quantitative estimate of drug-likeness (QED) is 0.612. The standard InChI is InChI=1S/C23H23N3O4S/c1-29-19-9-8-17(14-20(19)30-2)21-24-18(15-31-21)23(28)26-12-10-25(11-13-26)22(27)16-6-4-3-5-7-16/h3-9,14-15H,10-13H2,1-2H3. The van der Waals surface area contributed by atoms with E-state index in [9.17, 15) is 9.59 Å². The lowest BCUT2D eigenvalue weighted by Gasteiger charge is -2.34. The molecule has 1 aliphatic rings. The van der Waals surface area contributed by atoms with E-state index in [1.807, 2.05) is 48.5 Å². The van der Waals surface area contributed by atoms with Crippen LogP contribution < -0.4 is 9.47 Å². The highest BCUT2D eigenvalue weighted by Gasteiger charge is 2.26. The van der Waals surface area contributed by atoms with Gasteiger partial charge in [0, 0.05) is 42.7 Å². The Hall–Kier alpha value is -3.39. The molecule has 160 valence electrons. The van der Waals surface area contributed by atoms with Gasteiger partial charge in [-0.25, -0.2) is 4.98 Å². The summed E-state index contributed by atoms with van der Waals surface area (Å²) < 4.78 is 10.6. The number of amides is 2. The van der Waals surface area contributed by atoms with Gasteiger partial charge in [0.2, 0.25) is 0 Å². The van der Waals surface area contributed by atoms with Gasteiger partial charge < -0.3 is 19.3 Å². The van der Waals surface area contributed by atoms with Crippen LogP contribution in [0.2, 0.25) is 0 Å². The number of piperazine rings is 1. The Morgan fingerprint density at radius 2 is 1.52 bits per heavy atom. The summed E-state index contributed by atoms with van der Waals surface area (Å²) in [5, 5.41) is 2.51. The van der Waals surface area contributed by atoms with Crippen molar-refractivity contribution in [3.8, 4) is 22.1 Å². The highest BCUT2D eigenvalue weighted by molar-refractivity contribution is 7.13. The first-order chi connectivity index (χ1) is 15.1. The van der Waals surface area contributed by atoms with Crippen molar-refractivity contribution in [1.29, 1.82) is 0 Å². The normalized spacial score (nSPS) is 13.7. The van der Waals surface area contributed by atoms with Crippen LogP contribution in [0.1, 0.15) is 20.8 Å². The Morgan fingerprint density at radius 3 is 2.16 bits per heavy atom. The summed E-state index contributed by atoms with van der Waals surface area (Å²) in [6, 6.07) is 14.8. The third-order valence-electron chi connectivity index (χ3n) is 5.23. The minimum atomic E-state index is -0.116. The number of rotatable bonds is 5. The zero-order chi connectivity index (χ0) is 21.8. The van der Waals surface area contributed by atoms with Gasteiger partial charge in [-0.2, -0.15) is 0 Å². The van der Waals surface area contributed by atoms with E-state index < -0.39 is 0 Å². The van der Waals surface area contributed by atoms with E-state index in [-0.39, 0.29) is 11.8 Å². The SMILES string of the molecule is COc1ccc(-c2nc(C(=O)N3CCN(C(=O)c4ccccc4)CC3)cs2)cc1OC. The molecule has 2 heterocycles. The number of aromatic nitrogens is 1. The van der Waals surface area contributed by atoms with Gasteiger partial charge in [0.05, 0.1) is 14.2 Å². The average molecular weight is 438 g/mol. The van der Waals surface area contributed by atoms with Gasteiger partial charge in [0.25, 0.3) is 11.8 Å². The number of hydrogen-bond acceptors (Lipinski definition) is 6. The lowest BCUT2D eigenvalue weighted by Crippen LogP contribution is -2.50. The third kappa shape index (κ3) is 4.39. The highest BCUT2D eigenvalue weighted by atomic mass is 32.1. The van der Waals surface area contributed by atoms with Crippen LogP contribution in [0.25, 0.3) is 10.6 Å². The van der Waals surface area contributed by atoms with Crippen LogP contribution in [0, 0.1) is 0 Å². The molecule has 1 aliphatic heterocycles. The Bertz CT molecular complexity index is 1080. The monoisotopic (exact) mass is 437 g/mol. The molecule has 2 amide bonds. The topological polar surface area (TPSA) is 72.0 Å². The second-order valence-electron chi connectivity index (χ2n) is 7.06. The lowest BCUT2D eigenvalue weighted by atomic mass is 10.2. The van der Waals surface area contributed by atoms with Crippen molar-refractivity contribution in [2.24, 2.45) is 0 Å². The van der Waals surface area contributed by atoms with Crippen molar-refractivity contribution >= 4 is 23.2 Å². The average Bonchev–Trinajstić information content (AvgIpc) is 3.33. The molecule has 2 aromatic carbocycles. The number of carbonyl (C=O) groups excluding carboxylic acids is 2. The molecule has 0 saturated carbocycles. The molecule has 1 fully saturated rings. The first-order valence-electron chi connectivity index (χ1n) is 9.92. The van der Waals surface area contributed by atoms with E-state index in [0.29, 0.717) is 48.9 Å². The summed E-state index contributed by atoms with van der Waals surface area (Å²) in [5.41, 5.74) is 1.94. The second kappa shape index (κ2) is 9.18. The Morgan fingerprint density at radius 1 is 0.871 bits per heavy atom. The molecule has 1 aromatic heterocycles. The molecule has 0 aliphatic carbocycles. The number of carbonyl (C=O) groups is 2. The van der Waals surface area contributed by atoms with Crippen molar-refractivity contribution in [3.63, 3.8) is 0 Å². The van der Waals surface area contributed by atoms with E-state index in [1.54, 1.807) is 29.4 Å². The van der Waals surface area contributed by atoms with Crippen LogP contribution >= 0.6 is 11.3 Å². The summed E-state index contributed by atoms with van der Waals surface area (Å²) in [6.07, 6.45) is 0. The number of hydrogen-bond donors (Lipinski definition) is 0. The van der Waals surface area contributed by atoms with Crippen LogP contribution in [0.3, 0.4) is 0 Å². The van der Waals surface area contributed by atoms with E-state index in [2.05, 4.69) is 4.98 Å². The van der Waals surface area contributed by atoms with Crippen molar-refractivity contribution < 1.29 is 19.1 Å². The molecule has 0 bridgehead atoms. The second-order valence-corrected chi connectivity index (χ2v) is 7.92. The fraction of sp³-hybridized carbons (Fsp3) is 0.261. The van der Waals surface area contributed by atoms with E-state index >= 15 is 0 Å². The van der Waals surface area contributed by atoms with Gasteiger partial charge in [-0.05, 0) is 30.3 Å². The first kappa shape index (κ1) is 20.9. The Kier molecular flexibility index (Phi) is 6.18. The van der Waals surface area contributed by atoms with Gasteiger partial charge in [-0.3, -0.25) is 9.59 Å². The number of benzene rings is 2. The van der Waals surface area contributed by atoms with Gasteiger partial charge in [-0.1, -0.05) is 18.2 Å². The summed E-state index contributed by atoms with van der Waals surface area (Å²) in [7, 11) is 3.17. The molecule has 0 radical (unpaired) electrons. The van der Waals surface area contributed by atoms with Gasteiger partial charge in [-0.15, -0.1) is 11.3 Å². The van der Waals surface area contributed by atoms with Gasteiger partial charge in [0.15, 0.2) is 11.5 Å². The molecule has 3 aromatic rings. The molecule has 0 unspecified atom stereocenters. The molecule has 0 atom stereocenters. The maximum Gasteiger partial charge on any atom is 0.273 e. The highest BCUT2D eigenvalue weighted by Crippen LogP contribution is 2.33. The molecule has 7 nitrogen and oxygen atoms in total. The molecular formula is C23H23N3O4S. The lowest BCUT2D eigenvalue weighted by molar-refractivity contribution is 0.0533. The van der Waals surface area contributed by atoms with Crippen LogP contribution in [0.4, 0.5) is 0 Å². The molecule has 0 N–H and O–H groups in total. The molecule has 0 spiro atoms. The molecular weight excluding hydrogens is 414 g/mol. The summed E-state index contributed by atoms with van der Waals surface area (Å²) in [6.45, 7) is 1.99. The number of nitrogens with zero attached hydrogens (tertiary/aromatic N) is 3. The van der Waals surface area contributed by atoms with Crippen LogP contribution in [-0.4, -0.2) is 67.0 Å². The Labute approximate surface area is 184 Å². The number of methoxy groups -OCH3 is 2. The molecule has 31 heavy (non-hydrogen) atoms. The molecule has 1 saturated heterocycles. The minimum Gasteiger partial charge on any atom is -0.493 e. The predicted octanol–water partition coefficient (Wildman–Crippen LogP) is 3.43. The van der Waals surface area contributed by atoms with Gasteiger partial charge >= 0.3 is 0 Å². The molecule has 4 rings (SSSR count). The first-order valence-corrected chi connectivity index (χ1v) is 10.8. The fourth-order valence-electron chi connectivity index (χ4n) is 3.51. The van der Waals surface area contributed by atoms with Crippen molar-refractivity contribution in [1.82, 2.24) is 14.8 Å². The summed E-state index contributed by atoms with van der Waals surface area (Å²) in [4.78, 5) is 33.6. The van der Waals surface area contributed by atoms with E-state index in [1.165, 1.54) is 11.3 Å². The van der Waals surface area contributed by atoms with Crippen molar-refractivity contribution in [2.45, 2.75) is 0 Å². The summed E-state index contributed by atoms with van der Waals surface area (Å²) in [5.74, 6) is 1.14. The van der Waals surface area contributed by atoms with Gasteiger partial charge in [0.1, 0.15) is 10.7 Å². The van der Waals surface area contributed by atoms with Crippen molar-refractivity contribution in [3.05, 3.63) is 65.2 Å². The van der Waals surface area contributed by atoms with Crippen LogP contribution in [0.5, 0.6) is 11.5 Å². The zero-order valence-corrected chi connectivity index (χ0v) is 18.2. The summed E-state index contributed by atoms with van der Waals surface area (Å²) >= 11 is 1.41. The molecule has 8 heteroatoms. The minimum absolute atomic E-state index is 0.00269. The largest absolute Gasteiger partial charge is 0.493 e. The predicted molar refractivity (Wildman–Crippen MR) is 119 cm³/mol. The smallest absolute Gasteiger partial charge is 0.273 e. The fourth-order valence-corrected chi connectivity index (χ4v) is 4.30. The maximum atomic E-state index is 12.9. The van der Waals surface area contributed by atoms with Crippen LogP contribution in [-0.2, 0) is 0 Å². The van der Waals surface area contributed by atoms with Crippen molar-refractivity contribution in [2.75, 3.05) is 40.4 Å². The van der Waals surface area contributed by atoms with E-state index in [4.69, 9.17) is 9.47 Å². The number of thiazole rings is 1. The maximum absolute atomic E-state index is 12.9.